The molecule has 0 saturated carbocycles. The number of hydrazine groups is 1. The van der Waals surface area contributed by atoms with Crippen molar-refractivity contribution in [2.24, 2.45) is 16.9 Å². The van der Waals surface area contributed by atoms with Crippen molar-refractivity contribution >= 4 is 34.6 Å². The van der Waals surface area contributed by atoms with Crippen LogP contribution >= 0.6 is 12.2 Å². The predicted molar refractivity (Wildman–Crippen MR) is 112 cm³/mol. The number of anilines is 1. The van der Waals surface area contributed by atoms with E-state index in [9.17, 15) is 4.79 Å². The van der Waals surface area contributed by atoms with Crippen molar-refractivity contribution in [1.82, 2.24) is 15.8 Å². The van der Waals surface area contributed by atoms with Crippen LogP contribution in [0.25, 0.3) is 0 Å². The van der Waals surface area contributed by atoms with Crippen LogP contribution < -0.4 is 22.0 Å². The summed E-state index contributed by atoms with van der Waals surface area (Å²) in [6.45, 7) is 12.2. The SMILES string of the molecule is CCN(CC)C[C@H](C(=O)Nc1c(C)cccc1C)/C(C)=N/NC(=S)NN. The number of benzene rings is 1. The van der Waals surface area contributed by atoms with Crippen molar-refractivity contribution in [3.05, 3.63) is 29.3 Å². The van der Waals surface area contributed by atoms with E-state index in [1.807, 2.05) is 39.0 Å². The number of carbonyl (C=O) groups is 1. The van der Waals surface area contributed by atoms with Crippen molar-refractivity contribution in [1.29, 1.82) is 0 Å². The second-order valence-corrected chi connectivity index (χ2v) is 6.54. The minimum Gasteiger partial charge on any atom is -0.325 e. The zero-order valence-electron chi connectivity index (χ0n) is 16.2. The van der Waals surface area contributed by atoms with Crippen LogP contribution in [0.1, 0.15) is 31.9 Å². The molecule has 1 aromatic carbocycles. The van der Waals surface area contributed by atoms with E-state index in [0.29, 0.717) is 12.3 Å². The predicted octanol–water partition coefficient (Wildman–Crippen LogP) is 1.91. The molecule has 0 bridgehead atoms. The summed E-state index contributed by atoms with van der Waals surface area (Å²) in [5, 5.41) is 7.48. The molecule has 0 aromatic heterocycles. The van der Waals surface area contributed by atoms with Crippen LogP contribution in [0.15, 0.2) is 23.3 Å². The fourth-order valence-corrected chi connectivity index (χ4v) is 2.66. The van der Waals surface area contributed by atoms with E-state index in [4.69, 9.17) is 18.1 Å². The standard InChI is InChI=1S/C18H30N6OS/c1-6-24(7-2)11-15(14(5)22-23-18(26)21-19)17(25)20-16-12(3)9-8-10-13(16)4/h8-10,15H,6-7,11,19H2,1-5H3,(H,20,25)(H2,21,23,26)/b22-14+/t15-/m0/s1. The normalized spacial score (nSPS) is 12.7. The average molecular weight is 379 g/mol. The molecule has 0 saturated heterocycles. The van der Waals surface area contributed by atoms with E-state index < -0.39 is 5.92 Å². The molecule has 0 spiro atoms. The third kappa shape index (κ3) is 6.36. The molecule has 0 aliphatic carbocycles. The van der Waals surface area contributed by atoms with Gasteiger partial charge in [0.25, 0.3) is 0 Å². The van der Waals surface area contributed by atoms with Crippen LogP contribution in [0.2, 0.25) is 0 Å². The van der Waals surface area contributed by atoms with Crippen LogP contribution in [0.3, 0.4) is 0 Å². The van der Waals surface area contributed by atoms with Gasteiger partial charge in [-0.05, 0) is 57.2 Å². The van der Waals surface area contributed by atoms with Gasteiger partial charge in [0.05, 0.1) is 5.92 Å². The highest BCUT2D eigenvalue weighted by atomic mass is 32.1. The summed E-state index contributed by atoms with van der Waals surface area (Å²) < 4.78 is 0. The molecule has 0 heterocycles. The summed E-state index contributed by atoms with van der Waals surface area (Å²) >= 11 is 4.93. The van der Waals surface area contributed by atoms with E-state index in [1.54, 1.807) is 0 Å². The first-order valence-electron chi connectivity index (χ1n) is 8.74. The van der Waals surface area contributed by atoms with Crippen LogP contribution in [-0.2, 0) is 4.79 Å². The second kappa shape index (κ2) is 10.8. The Labute approximate surface area is 161 Å². The Bertz CT molecular complexity index is 637. The number of para-hydroxylation sites is 1. The van der Waals surface area contributed by atoms with Gasteiger partial charge in [0, 0.05) is 17.9 Å². The van der Waals surface area contributed by atoms with E-state index in [0.717, 1.165) is 29.9 Å². The van der Waals surface area contributed by atoms with E-state index in [2.05, 4.69) is 40.0 Å². The molecule has 8 heteroatoms. The number of nitrogens with one attached hydrogen (secondary N) is 3. The van der Waals surface area contributed by atoms with Crippen molar-refractivity contribution in [3.63, 3.8) is 0 Å². The quantitative estimate of drug-likeness (QED) is 0.239. The molecule has 0 radical (unpaired) electrons. The second-order valence-electron chi connectivity index (χ2n) is 6.13. The number of rotatable bonds is 8. The third-order valence-corrected chi connectivity index (χ3v) is 4.56. The first-order valence-corrected chi connectivity index (χ1v) is 9.14. The Kier molecular flexibility index (Phi) is 9.18. The smallest absolute Gasteiger partial charge is 0.234 e. The summed E-state index contributed by atoms with van der Waals surface area (Å²) in [4.78, 5) is 15.2. The zero-order chi connectivity index (χ0) is 19.7. The third-order valence-electron chi connectivity index (χ3n) is 4.35. The Morgan fingerprint density at radius 1 is 1.27 bits per heavy atom. The monoisotopic (exact) mass is 378 g/mol. The summed E-state index contributed by atoms with van der Waals surface area (Å²) in [7, 11) is 0. The summed E-state index contributed by atoms with van der Waals surface area (Å²) in [6.07, 6.45) is 0. The maximum atomic E-state index is 13.0. The Hall–Kier alpha value is -2.03. The molecule has 0 aliphatic heterocycles. The lowest BCUT2D eigenvalue weighted by Crippen LogP contribution is -2.42. The van der Waals surface area contributed by atoms with Gasteiger partial charge in [-0.2, -0.15) is 5.10 Å². The number of amides is 1. The number of carbonyl (C=O) groups excluding carboxylic acids is 1. The van der Waals surface area contributed by atoms with Gasteiger partial charge in [-0.3, -0.25) is 15.6 Å². The molecular formula is C18H30N6OS. The largest absolute Gasteiger partial charge is 0.325 e. The lowest BCUT2D eigenvalue weighted by molar-refractivity contribution is -0.118. The minimum absolute atomic E-state index is 0.0935. The van der Waals surface area contributed by atoms with E-state index in [1.165, 1.54) is 0 Å². The highest BCUT2D eigenvalue weighted by Crippen LogP contribution is 2.20. The summed E-state index contributed by atoms with van der Waals surface area (Å²) in [5.41, 5.74) is 8.50. The van der Waals surface area contributed by atoms with Crippen LogP contribution in [-0.4, -0.2) is 41.3 Å². The molecule has 1 aromatic rings. The molecule has 1 atom stereocenters. The first kappa shape index (κ1) is 22.0. The van der Waals surface area contributed by atoms with Gasteiger partial charge in [0.1, 0.15) is 0 Å². The van der Waals surface area contributed by atoms with Crippen molar-refractivity contribution in [3.8, 4) is 0 Å². The Morgan fingerprint density at radius 3 is 2.35 bits per heavy atom. The van der Waals surface area contributed by atoms with E-state index in [-0.39, 0.29) is 11.0 Å². The van der Waals surface area contributed by atoms with Crippen LogP contribution in [0.5, 0.6) is 0 Å². The van der Waals surface area contributed by atoms with Gasteiger partial charge in [-0.25, -0.2) is 5.84 Å². The first-order chi connectivity index (χ1) is 12.3. The number of thiocarbonyl (C=S) groups is 1. The number of hydrogen-bond acceptors (Lipinski definition) is 5. The molecule has 0 unspecified atom stereocenters. The number of hydrogen-bond donors (Lipinski definition) is 4. The van der Waals surface area contributed by atoms with Crippen LogP contribution in [0.4, 0.5) is 5.69 Å². The molecule has 0 aliphatic rings. The maximum Gasteiger partial charge on any atom is 0.234 e. The molecule has 5 N–H and O–H groups in total. The van der Waals surface area contributed by atoms with Gasteiger partial charge in [0.15, 0.2) is 0 Å². The molecular weight excluding hydrogens is 348 g/mol. The summed E-state index contributed by atoms with van der Waals surface area (Å²) in [6, 6.07) is 5.94. The highest BCUT2D eigenvalue weighted by Gasteiger charge is 2.25. The van der Waals surface area contributed by atoms with Crippen LogP contribution in [0, 0.1) is 19.8 Å². The summed E-state index contributed by atoms with van der Waals surface area (Å²) in [5.74, 6) is 4.73. The van der Waals surface area contributed by atoms with Gasteiger partial charge >= 0.3 is 0 Å². The molecule has 7 nitrogen and oxygen atoms in total. The van der Waals surface area contributed by atoms with Crippen molar-refractivity contribution in [2.45, 2.75) is 34.6 Å². The van der Waals surface area contributed by atoms with Crippen molar-refractivity contribution in [2.75, 3.05) is 25.0 Å². The Balaban J connectivity index is 3.06. The van der Waals surface area contributed by atoms with Gasteiger partial charge in [0.2, 0.25) is 11.0 Å². The molecule has 1 amide bonds. The topological polar surface area (TPSA) is 94.8 Å². The minimum atomic E-state index is -0.415. The average Bonchev–Trinajstić information content (AvgIpc) is 2.63. The number of hydrazone groups is 1. The fourth-order valence-electron chi connectivity index (χ4n) is 2.62. The van der Waals surface area contributed by atoms with Gasteiger partial charge in [-0.15, -0.1) is 0 Å². The van der Waals surface area contributed by atoms with Gasteiger partial charge in [-0.1, -0.05) is 32.0 Å². The van der Waals surface area contributed by atoms with E-state index >= 15 is 0 Å². The maximum absolute atomic E-state index is 13.0. The number of nitrogens with zero attached hydrogens (tertiary/aromatic N) is 2. The molecule has 1 rings (SSSR count). The fraction of sp³-hybridized carbons (Fsp3) is 0.500. The number of nitrogens with two attached hydrogens (primary N) is 1. The lowest BCUT2D eigenvalue weighted by atomic mass is 10.0. The molecule has 26 heavy (non-hydrogen) atoms. The van der Waals surface area contributed by atoms with Crippen molar-refractivity contribution < 1.29 is 4.79 Å². The highest BCUT2D eigenvalue weighted by molar-refractivity contribution is 7.80. The molecule has 144 valence electrons. The Morgan fingerprint density at radius 2 is 1.85 bits per heavy atom. The lowest BCUT2D eigenvalue weighted by Gasteiger charge is -2.25. The number of aryl methyl sites for hydroxylation is 2. The van der Waals surface area contributed by atoms with Gasteiger partial charge < -0.3 is 10.2 Å². The molecule has 0 fully saturated rings. The zero-order valence-corrected chi connectivity index (χ0v) is 17.0.